The maximum Gasteiger partial charge on any atom is 0.152 e. The van der Waals surface area contributed by atoms with Crippen LogP contribution in [0.4, 0.5) is 0 Å². The van der Waals surface area contributed by atoms with Crippen LogP contribution in [0.2, 0.25) is 0 Å². The van der Waals surface area contributed by atoms with Gasteiger partial charge in [0.05, 0.1) is 11.0 Å². The van der Waals surface area contributed by atoms with E-state index in [1.165, 1.54) is 5.56 Å². The van der Waals surface area contributed by atoms with Crippen molar-refractivity contribution < 1.29 is 13.2 Å². The fourth-order valence-electron chi connectivity index (χ4n) is 2.55. The van der Waals surface area contributed by atoms with Gasteiger partial charge in [0.15, 0.2) is 9.84 Å². The van der Waals surface area contributed by atoms with Gasteiger partial charge in [0.1, 0.15) is 5.78 Å². The zero-order valence-corrected chi connectivity index (χ0v) is 16.4. The molecule has 0 spiro atoms. The number of carbonyl (C=O) groups excluding carboxylic acids is 1. The highest BCUT2D eigenvalue weighted by Crippen LogP contribution is 2.19. The van der Waals surface area contributed by atoms with Crippen molar-refractivity contribution in [1.82, 2.24) is 0 Å². The first kappa shape index (κ1) is 20.9. The minimum atomic E-state index is -2.95. The van der Waals surface area contributed by atoms with E-state index in [9.17, 15) is 13.2 Å². The Morgan fingerprint density at radius 2 is 1.62 bits per heavy atom. The molecular formula is C20H32O3S. The van der Waals surface area contributed by atoms with Crippen LogP contribution in [-0.2, 0) is 21.1 Å². The Morgan fingerprint density at radius 3 is 2.17 bits per heavy atom. The van der Waals surface area contributed by atoms with Crippen molar-refractivity contribution in [3.05, 3.63) is 35.4 Å². The van der Waals surface area contributed by atoms with E-state index in [4.69, 9.17) is 0 Å². The van der Waals surface area contributed by atoms with Crippen LogP contribution in [0.15, 0.2) is 24.3 Å². The van der Waals surface area contributed by atoms with Gasteiger partial charge in [-0.2, -0.15) is 0 Å². The molecule has 136 valence electrons. The van der Waals surface area contributed by atoms with Crippen molar-refractivity contribution >= 4 is 15.6 Å². The highest BCUT2D eigenvalue weighted by atomic mass is 32.2. The molecule has 0 saturated heterocycles. The summed E-state index contributed by atoms with van der Waals surface area (Å²) in [5.74, 6) is 1.02. The molecule has 1 unspecified atom stereocenters. The number of carbonyl (C=O) groups is 1. The SMILES string of the molecule is CCC(C)c1ccc(CC(=O)CCCCCS(=O)(=O)C(C)C)cc1. The van der Waals surface area contributed by atoms with Gasteiger partial charge in [-0.1, -0.05) is 44.5 Å². The molecule has 1 rings (SSSR count). The highest BCUT2D eigenvalue weighted by molar-refractivity contribution is 7.91. The predicted molar refractivity (Wildman–Crippen MR) is 101 cm³/mol. The maximum atomic E-state index is 12.0. The third kappa shape index (κ3) is 7.16. The quantitative estimate of drug-likeness (QED) is 0.543. The van der Waals surface area contributed by atoms with Gasteiger partial charge in [0.25, 0.3) is 0 Å². The van der Waals surface area contributed by atoms with Gasteiger partial charge in [-0.3, -0.25) is 4.79 Å². The summed E-state index contributed by atoms with van der Waals surface area (Å²) in [6, 6.07) is 8.34. The summed E-state index contributed by atoms with van der Waals surface area (Å²) in [4.78, 5) is 12.0. The molecule has 0 bridgehead atoms. The number of Topliss-reactive ketones (excluding diaryl/α,β-unsaturated/α-hetero) is 1. The van der Waals surface area contributed by atoms with Gasteiger partial charge in [0.2, 0.25) is 0 Å². The smallest absolute Gasteiger partial charge is 0.152 e. The summed E-state index contributed by atoms with van der Waals surface area (Å²) in [6.45, 7) is 7.81. The summed E-state index contributed by atoms with van der Waals surface area (Å²) in [5.41, 5.74) is 2.38. The molecule has 0 amide bonds. The molecule has 4 heteroatoms. The van der Waals surface area contributed by atoms with Crippen molar-refractivity contribution in [3.63, 3.8) is 0 Å². The number of unbranched alkanes of at least 4 members (excludes halogenated alkanes) is 2. The largest absolute Gasteiger partial charge is 0.299 e. The second-order valence-electron chi connectivity index (χ2n) is 6.99. The molecule has 0 aliphatic heterocycles. The summed E-state index contributed by atoms with van der Waals surface area (Å²) < 4.78 is 23.4. The fraction of sp³-hybridized carbons (Fsp3) is 0.650. The molecule has 0 saturated carbocycles. The molecule has 24 heavy (non-hydrogen) atoms. The summed E-state index contributed by atoms with van der Waals surface area (Å²) in [6.07, 6.45) is 4.35. The van der Waals surface area contributed by atoms with Gasteiger partial charge >= 0.3 is 0 Å². The number of sulfone groups is 1. The maximum absolute atomic E-state index is 12.0. The van der Waals surface area contributed by atoms with E-state index in [1.807, 2.05) is 0 Å². The average molecular weight is 353 g/mol. The van der Waals surface area contributed by atoms with Crippen LogP contribution >= 0.6 is 0 Å². The van der Waals surface area contributed by atoms with Gasteiger partial charge in [-0.15, -0.1) is 0 Å². The van der Waals surface area contributed by atoms with Crippen LogP contribution in [0.25, 0.3) is 0 Å². The van der Waals surface area contributed by atoms with Crippen LogP contribution in [0.3, 0.4) is 0 Å². The lowest BCUT2D eigenvalue weighted by molar-refractivity contribution is -0.118. The van der Waals surface area contributed by atoms with Crippen molar-refractivity contribution in [3.8, 4) is 0 Å². The van der Waals surface area contributed by atoms with E-state index < -0.39 is 9.84 Å². The lowest BCUT2D eigenvalue weighted by Gasteiger charge is -2.09. The molecule has 1 aromatic rings. The standard InChI is InChI=1S/C20H32O3S/c1-5-17(4)19-12-10-18(11-13-19)15-20(21)9-7-6-8-14-24(22,23)16(2)3/h10-13,16-17H,5-9,14-15H2,1-4H3. The van der Waals surface area contributed by atoms with E-state index in [1.54, 1.807) is 13.8 Å². The first-order chi connectivity index (χ1) is 11.3. The van der Waals surface area contributed by atoms with Crippen molar-refractivity contribution in [2.24, 2.45) is 0 Å². The van der Waals surface area contributed by atoms with Crippen LogP contribution in [-0.4, -0.2) is 25.2 Å². The number of benzene rings is 1. The molecule has 0 fully saturated rings. The molecule has 1 aromatic carbocycles. The number of hydrogen-bond acceptors (Lipinski definition) is 3. The highest BCUT2D eigenvalue weighted by Gasteiger charge is 2.15. The second-order valence-corrected chi connectivity index (χ2v) is 9.67. The zero-order chi connectivity index (χ0) is 18.2. The Labute approximate surface area is 147 Å². The van der Waals surface area contributed by atoms with E-state index in [0.717, 1.165) is 24.8 Å². The van der Waals surface area contributed by atoms with Crippen molar-refractivity contribution in [2.75, 3.05) is 5.75 Å². The van der Waals surface area contributed by atoms with Crippen LogP contribution in [0, 0.1) is 0 Å². The van der Waals surface area contributed by atoms with Crippen LogP contribution in [0.1, 0.15) is 76.8 Å². The molecule has 0 aliphatic rings. The summed E-state index contributed by atoms with van der Waals surface area (Å²) in [7, 11) is -2.95. The molecular weight excluding hydrogens is 320 g/mol. The topological polar surface area (TPSA) is 51.2 Å². The number of ketones is 1. The monoisotopic (exact) mass is 352 g/mol. The molecule has 3 nitrogen and oxygen atoms in total. The number of rotatable bonds is 11. The van der Waals surface area contributed by atoms with E-state index in [2.05, 4.69) is 38.1 Å². The molecule has 1 atom stereocenters. The van der Waals surface area contributed by atoms with Crippen molar-refractivity contribution in [1.29, 1.82) is 0 Å². The minimum Gasteiger partial charge on any atom is -0.299 e. The first-order valence-corrected chi connectivity index (χ1v) is 10.8. The summed E-state index contributed by atoms with van der Waals surface area (Å²) >= 11 is 0. The van der Waals surface area contributed by atoms with Gasteiger partial charge in [0, 0.05) is 12.8 Å². The molecule has 0 aromatic heterocycles. The third-order valence-electron chi connectivity index (χ3n) is 4.67. The number of hydrogen-bond donors (Lipinski definition) is 0. The van der Waals surface area contributed by atoms with Gasteiger partial charge < -0.3 is 0 Å². The zero-order valence-electron chi connectivity index (χ0n) is 15.5. The lowest BCUT2D eigenvalue weighted by Crippen LogP contribution is -2.17. The van der Waals surface area contributed by atoms with E-state index in [-0.39, 0.29) is 16.8 Å². The van der Waals surface area contributed by atoms with E-state index >= 15 is 0 Å². The van der Waals surface area contributed by atoms with Crippen LogP contribution in [0.5, 0.6) is 0 Å². The normalized spacial score (nSPS) is 13.2. The van der Waals surface area contributed by atoms with Crippen LogP contribution < -0.4 is 0 Å². The molecule has 0 heterocycles. The first-order valence-electron chi connectivity index (χ1n) is 9.08. The Kier molecular flexibility index (Phi) is 8.68. The molecule has 0 aliphatic carbocycles. The minimum absolute atomic E-state index is 0.232. The van der Waals surface area contributed by atoms with E-state index in [0.29, 0.717) is 25.2 Å². The third-order valence-corrected chi connectivity index (χ3v) is 6.96. The average Bonchev–Trinajstić information content (AvgIpc) is 2.54. The Morgan fingerprint density at radius 1 is 1.00 bits per heavy atom. The Hall–Kier alpha value is -1.16. The fourth-order valence-corrected chi connectivity index (χ4v) is 3.63. The Bertz CT molecular complexity index is 600. The second kappa shape index (κ2) is 9.97. The predicted octanol–water partition coefficient (Wildman–Crippen LogP) is 4.70. The Balaban J connectivity index is 2.29. The summed E-state index contributed by atoms with van der Waals surface area (Å²) in [5, 5.41) is -0.308. The van der Waals surface area contributed by atoms with Gasteiger partial charge in [-0.25, -0.2) is 8.42 Å². The van der Waals surface area contributed by atoms with Gasteiger partial charge in [-0.05, 0) is 50.2 Å². The molecule has 0 radical (unpaired) electrons. The molecule has 0 N–H and O–H groups in total. The lowest BCUT2D eigenvalue weighted by atomic mass is 9.96. The van der Waals surface area contributed by atoms with Crippen molar-refractivity contribution in [2.45, 2.75) is 77.4 Å².